The first kappa shape index (κ1) is 23.8. The molecule has 0 bridgehead atoms. The lowest BCUT2D eigenvalue weighted by Crippen LogP contribution is -2.28. The molecule has 2 heterocycles. The predicted octanol–water partition coefficient (Wildman–Crippen LogP) is 3.23. The number of aromatic amines is 1. The molecule has 178 valence electrons. The van der Waals surface area contributed by atoms with Gasteiger partial charge in [-0.25, -0.2) is 9.78 Å². The Kier molecular flexibility index (Phi) is 7.27. The molecule has 35 heavy (non-hydrogen) atoms. The van der Waals surface area contributed by atoms with Crippen LogP contribution in [0.2, 0.25) is 0 Å². The summed E-state index contributed by atoms with van der Waals surface area (Å²) >= 11 is 0. The average molecular weight is 473 g/mol. The van der Waals surface area contributed by atoms with Crippen LogP contribution in [0.15, 0.2) is 65.7 Å². The van der Waals surface area contributed by atoms with Crippen molar-refractivity contribution in [1.82, 2.24) is 20.3 Å². The quantitative estimate of drug-likeness (QED) is 0.340. The zero-order chi connectivity index (χ0) is 24.8. The molecule has 0 radical (unpaired) electrons. The number of aryl methyl sites for hydroxylation is 1. The van der Waals surface area contributed by atoms with Crippen LogP contribution in [0.25, 0.3) is 10.9 Å². The number of ether oxygens (including phenoxy) is 1. The first-order valence-corrected chi connectivity index (χ1v) is 11.1. The summed E-state index contributed by atoms with van der Waals surface area (Å²) in [6.45, 7) is 2.69. The second-order valence-corrected chi connectivity index (χ2v) is 7.96. The molecule has 0 fully saturated rings. The number of hydrogen-bond acceptors (Lipinski definition) is 6. The standard InChI is InChI=1S/C26H24N4O5/c1-2-16-10-18(12-27-11-16)13-28-25(32)23-29-21-5-3-4-20(22(21)24(31)30-23)15-35-14-17-6-8-19(9-7-17)26(33)34/h3-12H,2,13-15H2,1H3,(H,28,32)(H,33,34)(H,29,30,31). The fraction of sp³-hybridized carbons (Fsp3) is 0.192. The van der Waals surface area contributed by atoms with E-state index in [1.807, 2.05) is 13.0 Å². The van der Waals surface area contributed by atoms with Crippen molar-refractivity contribution in [3.63, 3.8) is 0 Å². The van der Waals surface area contributed by atoms with Crippen LogP contribution in [0.1, 0.15) is 50.2 Å². The van der Waals surface area contributed by atoms with Crippen molar-refractivity contribution in [2.75, 3.05) is 0 Å². The summed E-state index contributed by atoms with van der Waals surface area (Å²) in [6.07, 6.45) is 4.31. The number of fused-ring (bicyclic) bond motifs is 1. The summed E-state index contributed by atoms with van der Waals surface area (Å²) in [4.78, 5) is 47.5. The molecule has 1 amide bonds. The molecule has 0 atom stereocenters. The largest absolute Gasteiger partial charge is 0.478 e. The minimum atomic E-state index is -0.990. The summed E-state index contributed by atoms with van der Waals surface area (Å²) in [7, 11) is 0. The molecule has 0 spiro atoms. The van der Waals surface area contributed by atoms with Gasteiger partial charge in [-0.2, -0.15) is 0 Å². The van der Waals surface area contributed by atoms with E-state index in [1.54, 1.807) is 42.7 Å². The van der Waals surface area contributed by atoms with Gasteiger partial charge in [0.2, 0.25) is 0 Å². The van der Waals surface area contributed by atoms with Crippen LogP contribution in [0, 0.1) is 0 Å². The van der Waals surface area contributed by atoms with Crippen LogP contribution in [-0.4, -0.2) is 31.9 Å². The third-order valence-corrected chi connectivity index (χ3v) is 5.48. The number of rotatable bonds is 9. The van der Waals surface area contributed by atoms with E-state index in [1.165, 1.54) is 12.1 Å². The van der Waals surface area contributed by atoms with Crippen molar-refractivity contribution < 1.29 is 19.4 Å². The van der Waals surface area contributed by atoms with E-state index in [0.29, 0.717) is 16.5 Å². The van der Waals surface area contributed by atoms with Crippen molar-refractivity contribution >= 4 is 22.8 Å². The number of carboxylic acids is 1. The number of carbonyl (C=O) groups excluding carboxylic acids is 1. The Labute approximate surface area is 200 Å². The number of benzene rings is 2. The van der Waals surface area contributed by atoms with Crippen molar-refractivity contribution in [2.45, 2.75) is 33.1 Å². The van der Waals surface area contributed by atoms with E-state index >= 15 is 0 Å². The van der Waals surface area contributed by atoms with Crippen molar-refractivity contribution in [2.24, 2.45) is 0 Å². The molecule has 0 saturated heterocycles. The maximum atomic E-state index is 12.8. The van der Waals surface area contributed by atoms with E-state index in [9.17, 15) is 14.4 Å². The third kappa shape index (κ3) is 5.77. The van der Waals surface area contributed by atoms with Gasteiger partial charge < -0.3 is 20.1 Å². The highest BCUT2D eigenvalue weighted by atomic mass is 16.5. The smallest absolute Gasteiger partial charge is 0.335 e. The fourth-order valence-electron chi connectivity index (χ4n) is 3.61. The predicted molar refractivity (Wildman–Crippen MR) is 129 cm³/mol. The highest BCUT2D eigenvalue weighted by molar-refractivity contribution is 5.93. The molecule has 2 aromatic carbocycles. The molecule has 0 aliphatic heterocycles. The molecule has 0 aliphatic rings. The average Bonchev–Trinajstić information content (AvgIpc) is 2.87. The van der Waals surface area contributed by atoms with Crippen molar-refractivity contribution in [3.05, 3.63) is 105 Å². The minimum Gasteiger partial charge on any atom is -0.478 e. The van der Waals surface area contributed by atoms with Crippen LogP contribution < -0.4 is 10.9 Å². The van der Waals surface area contributed by atoms with Crippen LogP contribution in [0.5, 0.6) is 0 Å². The number of aromatic nitrogens is 3. The monoisotopic (exact) mass is 472 g/mol. The van der Waals surface area contributed by atoms with Gasteiger partial charge in [0.1, 0.15) is 0 Å². The van der Waals surface area contributed by atoms with Crippen molar-refractivity contribution in [3.8, 4) is 0 Å². The van der Waals surface area contributed by atoms with E-state index < -0.39 is 17.4 Å². The number of carbonyl (C=O) groups is 2. The Morgan fingerprint density at radius 2 is 1.80 bits per heavy atom. The number of hydrogen-bond donors (Lipinski definition) is 3. The summed E-state index contributed by atoms with van der Waals surface area (Å²) in [5, 5.41) is 12.1. The highest BCUT2D eigenvalue weighted by Gasteiger charge is 2.14. The first-order chi connectivity index (χ1) is 16.9. The molecular weight excluding hydrogens is 448 g/mol. The van der Waals surface area contributed by atoms with E-state index in [-0.39, 0.29) is 31.1 Å². The molecule has 3 N–H and O–H groups in total. The van der Waals surface area contributed by atoms with Crippen LogP contribution in [0.3, 0.4) is 0 Å². The maximum Gasteiger partial charge on any atom is 0.335 e. The van der Waals surface area contributed by atoms with Gasteiger partial charge in [-0.15, -0.1) is 0 Å². The number of nitrogens with zero attached hydrogens (tertiary/aromatic N) is 2. The zero-order valence-corrected chi connectivity index (χ0v) is 19.1. The van der Waals surface area contributed by atoms with Gasteiger partial charge in [-0.05, 0) is 46.9 Å². The Balaban J connectivity index is 1.45. The van der Waals surface area contributed by atoms with Gasteiger partial charge in [0, 0.05) is 18.9 Å². The van der Waals surface area contributed by atoms with Gasteiger partial charge in [0.15, 0.2) is 5.82 Å². The lowest BCUT2D eigenvalue weighted by molar-refractivity contribution is 0.0696. The fourth-order valence-corrected chi connectivity index (χ4v) is 3.61. The number of H-pyrrole nitrogens is 1. The Morgan fingerprint density at radius 3 is 2.54 bits per heavy atom. The van der Waals surface area contributed by atoms with E-state index in [2.05, 4.69) is 20.3 Å². The molecule has 2 aromatic heterocycles. The second kappa shape index (κ2) is 10.7. The number of aromatic carboxylic acids is 1. The molecule has 9 heteroatoms. The number of amides is 1. The maximum absolute atomic E-state index is 12.8. The SMILES string of the molecule is CCc1cncc(CNC(=O)c2nc3cccc(COCc4ccc(C(=O)O)cc4)c3c(=O)[nH]2)c1. The summed E-state index contributed by atoms with van der Waals surface area (Å²) in [5.41, 5.74) is 3.53. The lowest BCUT2D eigenvalue weighted by atomic mass is 10.1. The van der Waals surface area contributed by atoms with Crippen molar-refractivity contribution in [1.29, 1.82) is 0 Å². The molecule has 0 unspecified atom stereocenters. The molecular formula is C26H24N4O5. The van der Waals surface area contributed by atoms with Crippen LogP contribution in [-0.2, 0) is 30.9 Å². The summed E-state index contributed by atoms with van der Waals surface area (Å²) in [5.74, 6) is -1.55. The molecule has 4 aromatic rings. The first-order valence-electron chi connectivity index (χ1n) is 11.1. The number of carboxylic acid groups (broad SMARTS) is 1. The van der Waals surface area contributed by atoms with Gasteiger partial charge in [0.25, 0.3) is 11.5 Å². The van der Waals surface area contributed by atoms with Gasteiger partial charge >= 0.3 is 5.97 Å². The Bertz CT molecular complexity index is 1430. The molecule has 0 aliphatic carbocycles. The Hall–Kier alpha value is -4.37. The Morgan fingerprint density at radius 1 is 1.03 bits per heavy atom. The van der Waals surface area contributed by atoms with E-state index in [0.717, 1.165) is 23.1 Å². The van der Waals surface area contributed by atoms with E-state index in [4.69, 9.17) is 9.84 Å². The van der Waals surface area contributed by atoms with Gasteiger partial charge in [0.05, 0.1) is 29.7 Å². The summed E-state index contributed by atoms with van der Waals surface area (Å²) in [6, 6.07) is 13.5. The third-order valence-electron chi connectivity index (χ3n) is 5.48. The van der Waals surface area contributed by atoms with Crippen LogP contribution in [0.4, 0.5) is 0 Å². The second-order valence-electron chi connectivity index (χ2n) is 7.96. The lowest BCUT2D eigenvalue weighted by Gasteiger charge is -2.09. The number of nitrogens with one attached hydrogen (secondary N) is 2. The minimum absolute atomic E-state index is 0.0707. The molecule has 9 nitrogen and oxygen atoms in total. The normalized spacial score (nSPS) is 10.9. The van der Waals surface area contributed by atoms with Gasteiger partial charge in [-0.1, -0.05) is 37.3 Å². The number of pyridine rings is 1. The summed E-state index contributed by atoms with van der Waals surface area (Å²) < 4.78 is 5.74. The molecule has 0 saturated carbocycles. The van der Waals surface area contributed by atoms with Gasteiger partial charge in [-0.3, -0.25) is 14.6 Å². The highest BCUT2D eigenvalue weighted by Crippen LogP contribution is 2.16. The van der Waals surface area contributed by atoms with Crippen LogP contribution >= 0.6 is 0 Å². The zero-order valence-electron chi connectivity index (χ0n) is 19.1. The molecule has 4 rings (SSSR count). The topological polar surface area (TPSA) is 134 Å².